The predicted octanol–water partition coefficient (Wildman–Crippen LogP) is -0.346. The van der Waals surface area contributed by atoms with E-state index in [4.69, 9.17) is 5.73 Å². The zero-order chi connectivity index (χ0) is 14.3. The Kier molecular flexibility index (Phi) is 3.90. The molecule has 1 unspecified atom stereocenters. The van der Waals surface area contributed by atoms with Gasteiger partial charge in [-0.25, -0.2) is 12.7 Å². The van der Waals surface area contributed by atoms with Crippen molar-refractivity contribution in [3.63, 3.8) is 0 Å². The number of hydrogen-bond acceptors (Lipinski definition) is 4. The Balaban J connectivity index is 1.84. The fraction of sp³-hybridized carbons (Fsp3) is 0.917. The van der Waals surface area contributed by atoms with E-state index in [-0.39, 0.29) is 11.9 Å². The molecule has 0 bridgehead atoms. The number of carbonyl (C=O) groups excluding carboxylic acids is 1. The molecule has 1 aliphatic carbocycles. The number of nitrogens with zero attached hydrogens (tertiary/aromatic N) is 1. The van der Waals surface area contributed by atoms with Gasteiger partial charge < -0.3 is 11.1 Å². The van der Waals surface area contributed by atoms with Crippen LogP contribution in [0.5, 0.6) is 0 Å². The van der Waals surface area contributed by atoms with Crippen molar-refractivity contribution in [2.45, 2.75) is 44.2 Å². The SMILES string of the molecule is CC(N)(C(=O)NC1CCN(S(C)(=O)=O)CC1)C1CC1. The fourth-order valence-corrected chi connectivity index (χ4v) is 3.42. The summed E-state index contributed by atoms with van der Waals surface area (Å²) in [6.45, 7) is 2.72. The summed E-state index contributed by atoms with van der Waals surface area (Å²) < 4.78 is 24.2. The molecule has 2 rings (SSSR count). The lowest BCUT2D eigenvalue weighted by Gasteiger charge is -2.33. The van der Waals surface area contributed by atoms with Gasteiger partial charge in [-0.1, -0.05) is 0 Å². The highest BCUT2D eigenvalue weighted by molar-refractivity contribution is 7.88. The van der Waals surface area contributed by atoms with Crippen LogP contribution >= 0.6 is 0 Å². The van der Waals surface area contributed by atoms with Gasteiger partial charge in [-0.3, -0.25) is 4.79 Å². The molecule has 2 aliphatic rings. The first-order chi connectivity index (χ1) is 8.71. The van der Waals surface area contributed by atoms with Crippen molar-refractivity contribution in [3.8, 4) is 0 Å². The lowest BCUT2D eigenvalue weighted by Crippen LogP contribution is -2.57. The first-order valence-electron chi connectivity index (χ1n) is 6.76. The standard InChI is InChI=1S/C12H23N3O3S/c1-12(13,9-3-4-9)11(16)14-10-5-7-15(8-6-10)19(2,17)18/h9-10H,3-8,13H2,1-2H3,(H,14,16). The number of sulfonamides is 1. The second kappa shape index (κ2) is 5.03. The second-order valence-corrected chi connectivity index (χ2v) is 7.95. The fourth-order valence-electron chi connectivity index (χ4n) is 2.54. The molecule has 1 aliphatic heterocycles. The molecule has 2 fully saturated rings. The number of carbonyl (C=O) groups is 1. The van der Waals surface area contributed by atoms with Gasteiger partial charge >= 0.3 is 0 Å². The predicted molar refractivity (Wildman–Crippen MR) is 72.9 cm³/mol. The average molecular weight is 289 g/mol. The highest BCUT2D eigenvalue weighted by Gasteiger charge is 2.44. The molecule has 1 atom stereocenters. The van der Waals surface area contributed by atoms with E-state index >= 15 is 0 Å². The first-order valence-corrected chi connectivity index (χ1v) is 8.61. The molecule has 6 nitrogen and oxygen atoms in total. The van der Waals surface area contributed by atoms with Gasteiger partial charge in [0.05, 0.1) is 11.8 Å². The summed E-state index contributed by atoms with van der Waals surface area (Å²) in [5.41, 5.74) is 5.28. The van der Waals surface area contributed by atoms with Crippen LogP contribution in [0.25, 0.3) is 0 Å². The molecule has 1 amide bonds. The van der Waals surface area contributed by atoms with Gasteiger partial charge in [-0.05, 0) is 38.5 Å². The molecule has 19 heavy (non-hydrogen) atoms. The van der Waals surface area contributed by atoms with Crippen molar-refractivity contribution in [1.82, 2.24) is 9.62 Å². The number of nitrogens with two attached hydrogens (primary N) is 1. The maximum Gasteiger partial charge on any atom is 0.240 e. The third-order valence-electron chi connectivity index (χ3n) is 4.17. The van der Waals surface area contributed by atoms with E-state index in [1.54, 1.807) is 6.92 Å². The number of amides is 1. The van der Waals surface area contributed by atoms with E-state index < -0.39 is 15.6 Å². The van der Waals surface area contributed by atoms with Gasteiger partial charge in [0.15, 0.2) is 0 Å². The third kappa shape index (κ3) is 3.46. The molecule has 0 spiro atoms. The van der Waals surface area contributed by atoms with Crippen molar-refractivity contribution in [1.29, 1.82) is 0 Å². The van der Waals surface area contributed by atoms with Crippen LogP contribution < -0.4 is 11.1 Å². The molecule has 0 aromatic heterocycles. The topological polar surface area (TPSA) is 92.5 Å². The smallest absolute Gasteiger partial charge is 0.240 e. The summed E-state index contributed by atoms with van der Waals surface area (Å²) in [4.78, 5) is 12.1. The van der Waals surface area contributed by atoms with Gasteiger partial charge in [-0.2, -0.15) is 0 Å². The lowest BCUT2D eigenvalue weighted by molar-refractivity contribution is -0.127. The van der Waals surface area contributed by atoms with E-state index in [2.05, 4.69) is 5.32 Å². The van der Waals surface area contributed by atoms with Crippen LogP contribution in [0, 0.1) is 5.92 Å². The molecule has 0 aromatic carbocycles. The van der Waals surface area contributed by atoms with Crippen LogP contribution in [0.1, 0.15) is 32.6 Å². The third-order valence-corrected chi connectivity index (χ3v) is 5.48. The Labute approximate surface area is 114 Å². The van der Waals surface area contributed by atoms with E-state index in [1.165, 1.54) is 10.6 Å². The number of hydrogen-bond donors (Lipinski definition) is 2. The van der Waals surface area contributed by atoms with E-state index in [9.17, 15) is 13.2 Å². The van der Waals surface area contributed by atoms with E-state index in [0.717, 1.165) is 12.8 Å². The van der Waals surface area contributed by atoms with Crippen molar-refractivity contribution in [2.75, 3.05) is 19.3 Å². The number of piperidine rings is 1. The van der Waals surface area contributed by atoms with Gasteiger partial charge in [0.1, 0.15) is 0 Å². The van der Waals surface area contributed by atoms with Crippen LogP contribution in [0.4, 0.5) is 0 Å². The zero-order valence-electron chi connectivity index (χ0n) is 11.6. The normalized spacial score (nSPS) is 25.8. The van der Waals surface area contributed by atoms with Gasteiger partial charge in [0.25, 0.3) is 0 Å². The number of nitrogens with one attached hydrogen (secondary N) is 1. The van der Waals surface area contributed by atoms with Crippen molar-refractivity contribution in [3.05, 3.63) is 0 Å². The van der Waals surface area contributed by atoms with Crippen molar-refractivity contribution < 1.29 is 13.2 Å². The van der Waals surface area contributed by atoms with Crippen LogP contribution in [0.15, 0.2) is 0 Å². The minimum Gasteiger partial charge on any atom is -0.352 e. The van der Waals surface area contributed by atoms with Crippen LogP contribution in [-0.2, 0) is 14.8 Å². The van der Waals surface area contributed by atoms with E-state index in [0.29, 0.717) is 31.8 Å². The second-order valence-electron chi connectivity index (χ2n) is 5.97. The first kappa shape index (κ1) is 14.7. The Morgan fingerprint density at radius 1 is 1.26 bits per heavy atom. The molecule has 0 radical (unpaired) electrons. The molecular formula is C12H23N3O3S. The van der Waals surface area contributed by atoms with Crippen molar-refractivity contribution >= 4 is 15.9 Å². The summed E-state index contributed by atoms with van der Waals surface area (Å²) in [6.07, 6.45) is 4.56. The monoisotopic (exact) mass is 289 g/mol. The van der Waals surface area contributed by atoms with Crippen LogP contribution in [0.2, 0.25) is 0 Å². The van der Waals surface area contributed by atoms with Crippen LogP contribution in [0.3, 0.4) is 0 Å². The summed E-state index contributed by atoms with van der Waals surface area (Å²) in [7, 11) is -3.11. The highest BCUT2D eigenvalue weighted by atomic mass is 32.2. The quantitative estimate of drug-likeness (QED) is 0.740. The summed E-state index contributed by atoms with van der Waals surface area (Å²) in [5.74, 6) is 0.191. The molecule has 0 aromatic rings. The molecule has 3 N–H and O–H groups in total. The summed E-state index contributed by atoms with van der Waals surface area (Å²) in [6, 6.07) is 0.0344. The Bertz CT molecular complexity index is 449. The zero-order valence-corrected chi connectivity index (χ0v) is 12.4. The van der Waals surface area contributed by atoms with Gasteiger partial charge in [0.2, 0.25) is 15.9 Å². The van der Waals surface area contributed by atoms with Gasteiger partial charge in [0, 0.05) is 19.1 Å². The molecule has 1 heterocycles. The largest absolute Gasteiger partial charge is 0.352 e. The molecule has 7 heteroatoms. The maximum absolute atomic E-state index is 12.1. The molecular weight excluding hydrogens is 266 g/mol. The minimum absolute atomic E-state index is 0.0344. The number of rotatable bonds is 4. The average Bonchev–Trinajstić information content (AvgIpc) is 3.12. The molecule has 110 valence electrons. The van der Waals surface area contributed by atoms with Crippen LogP contribution in [-0.4, -0.2) is 49.6 Å². The highest BCUT2D eigenvalue weighted by Crippen LogP contribution is 2.38. The van der Waals surface area contributed by atoms with E-state index in [1.807, 2.05) is 0 Å². The Morgan fingerprint density at radius 3 is 2.21 bits per heavy atom. The lowest BCUT2D eigenvalue weighted by atomic mass is 9.95. The Morgan fingerprint density at radius 2 is 1.79 bits per heavy atom. The summed E-state index contributed by atoms with van der Waals surface area (Å²) >= 11 is 0. The molecule has 1 saturated heterocycles. The minimum atomic E-state index is -3.11. The van der Waals surface area contributed by atoms with Gasteiger partial charge in [-0.15, -0.1) is 0 Å². The van der Waals surface area contributed by atoms with Crippen molar-refractivity contribution in [2.24, 2.45) is 11.7 Å². The Hall–Kier alpha value is -0.660. The molecule has 1 saturated carbocycles. The summed E-state index contributed by atoms with van der Waals surface area (Å²) in [5, 5.41) is 2.97. The maximum atomic E-state index is 12.1.